The molecule has 4 aromatic rings. The topological polar surface area (TPSA) is 105 Å². The molecule has 2 amide bonds. The summed E-state index contributed by atoms with van der Waals surface area (Å²) in [5.41, 5.74) is -0.174. The van der Waals surface area contributed by atoms with Crippen molar-refractivity contribution in [3.63, 3.8) is 0 Å². The van der Waals surface area contributed by atoms with E-state index < -0.39 is 17.8 Å². The molecule has 35 heavy (non-hydrogen) atoms. The first-order valence-corrected chi connectivity index (χ1v) is 11.0. The molecule has 3 aromatic heterocycles. The third-order valence-electron chi connectivity index (χ3n) is 5.87. The molecule has 0 radical (unpaired) electrons. The number of amides is 2. The molecule has 3 heterocycles. The molecule has 5 rings (SSSR count). The van der Waals surface area contributed by atoms with Crippen molar-refractivity contribution in [2.24, 2.45) is 5.92 Å². The number of anilines is 1. The number of alkyl halides is 3. The highest BCUT2D eigenvalue weighted by molar-refractivity contribution is 6.14. The van der Waals surface area contributed by atoms with Gasteiger partial charge in [-0.1, -0.05) is 12.1 Å². The fraction of sp³-hybridized carbons (Fsp3) is 0.250. The number of aromatic amines is 1. The Bertz CT molecular complexity index is 1430. The largest absolute Gasteiger partial charge is 0.435 e. The predicted molar refractivity (Wildman–Crippen MR) is 122 cm³/mol. The Hall–Kier alpha value is -4.15. The summed E-state index contributed by atoms with van der Waals surface area (Å²) in [6, 6.07) is 9.00. The van der Waals surface area contributed by atoms with Crippen molar-refractivity contribution in [3.05, 3.63) is 71.3 Å². The zero-order valence-corrected chi connectivity index (χ0v) is 18.6. The molecule has 11 heteroatoms. The number of fused-ring (bicyclic) bond motifs is 1. The summed E-state index contributed by atoms with van der Waals surface area (Å²) in [7, 11) is 0. The fourth-order valence-corrected chi connectivity index (χ4v) is 3.84. The molecule has 8 nitrogen and oxygen atoms in total. The maximum atomic E-state index is 13.5. The van der Waals surface area contributed by atoms with Gasteiger partial charge in [0.1, 0.15) is 5.69 Å². The Balaban J connectivity index is 1.54. The molecule has 3 N–H and O–H groups in total. The lowest BCUT2D eigenvalue weighted by atomic mass is 10.1. The van der Waals surface area contributed by atoms with Gasteiger partial charge in [-0.15, -0.1) is 0 Å². The summed E-state index contributed by atoms with van der Waals surface area (Å²) >= 11 is 0. The van der Waals surface area contributed by atoms with Crippen molar-refractivity contribution in [2.45, 2.75) is 25.9 Å². The van der Waals surface area contributed by atoms with Gasteiger partial charge in [-0.2, -0.15) is 18.3 Å². The predicted octanol–water partition coefficient (Wildman–Crippen LogP) is 4.47. The summed E-state index contributed by atoms with van der Waals surface area (Å²) < 4.78 is 41.3. The van der Waals surface area contributed by atoms with Gasteiger partial charge in [0, 0.05) is 30.4 Å². The van der Waals surface area contributed by atoms with E-state index >= 15 is 0 Å². The molecular formula is C24H21F3N6O2. The standard InChI is InChI=1S/C24H21F3N6O2/c1-13-3-2-9-29-21(13)33-17(11-18(32-33)24(25,26)27)22(34)31-16-7-6-15-8-10-28-20(15)19(16)23(35)30-12-14-4-5-14/h2-3,6-11,14,28H,4-5,12H2,1H3,(H,30,35)(H,31,34). The van der Waals surface area contributed by atoms with Crippen LogP contribution in [0.5, 0.6) is 0 Å². The van der Waals surface area contributed by atoms with Crippen LogP contribution in [0, 0.1) is 12.8 Å². The van der Waals surface area contributed by atoms with E-state index in [9.17, 15) is 22.8 Å². The lowest BCUT2D eigenvalue weighted by Gasteiger charge is -2.14. The monoisotopic (exact) mass is 482 g/mol. The third-order valence-corrected chi connectivity index (χ3v) is 5.87. The number of hydrogen-bond donors (Lipinski definition) is 3. The maximum Gasteiger partial charge on any atom is 0.435 e. The molecule has 1 fully saturated rings. The van der Waals surface area contributed by atoms with E-state index in [1.165, 1.54) is 6.20 Å². The number of nitrogens with one attached hydrogen (secondary N) is 3. The minimum absolute atomic E-state index is 0.0929. The zero-order valence-electron chi connectivity index (χ0n) is 18.6. The molecule has 0 spiro atoms. The Labute approximate surface area is 197 Å². The highest BCUT2D eigenvalue weighted by atomic mass is 19.4. The van der Waals surface area contributed by atoms with Gasteiger partial charge in [0.25, 0.3) is 11.8 Å². The molecule has 1 aromatic carbocycles. The van der Waals surface area contributed by atoms with Crippen LogP contribution < -0.4 is 10.6 Å². The highest BCUT2D eigenvalue weighted by Crippen LogP contribution is 2.31. The summed E-state index contributed by atoms with van der Waals surface area (Å²) in [4.78, 5) is 33.4. The highest BCUT2D eigenvalue weighted by Gasteiger charge is 2.36. The molecule has 0 unspecified atom stereocenters. The molecule has 0 saturated heterocycles. The molecular weight excluding hydrogens is 461 g/mol. The Kier molecular flexibility index (Phi) is 5.54. The number of halogens is 3. The second kappa shape index (κ2) is 8.57. The number of hydrogen-bond acceptors (Lipinski definition) is 4. The van der Waals surface area contributed by atoms with Gasteiger partial charge in [-0.05, 0) is 49.4 Å². The van der Waals surface area contributed by atoms with Gasteiger partial charge in [-0.25, -0.2) is 9.67 Å². The van der Waals surface area contributed by atoms with Crippen LogP contribution in [-0.2, 0) is 6.18 Å². The first kappa shape index (κ1) is 22.6. The first-order chi connectivity index (χ1) is 16.7. The van der Waals surface area contributed by atoms with Crippen LogP contribution >= 0.6 is 0 Å². The Morgan fingerprint density at radius 3 is 2.69 bits per heavy atom. The minimum Gasteiger partial charge on any atom is -0.360 e. The van der Waals surface area contributed by atoms with E-state index in [2.05, 4.69) is 25.7 Å². The number of pyridine rings is 1. The molecule has 1 saturated carbocycles. The summed E-state index contributed by atoms with van der Waals surface area (Å²) in [5, 5.41) is 9.86. The zero-order chi connectivity index (χ0) is 24.7. The van der Waals surface area contributed by atoms with Crippen molar-refractivity contribution < 1.29 is 22.8 Å². The van der Waals surface area contributed by atoms with Crippen molar-refractivity contribution in [1.82, 2.24) is 25.1 Å². The quantitative estimate of drug-likeness (QED) is 0.377. The van der Waals surface area contributed by atoms with Gasteiger partial charge >= 0.3 is 6.18 Å². The number of carbonyl (C=O) groups is 2. The number of rotatable bonds is 6. The number of aryl methyl sites for hydroxylation is 1. The number of H-pyrrole nitrogens is 1. The molecule has 0 atom stereocenters. The second-order valence-electron chi connectivity index (χ2n) is 8.51. The number of carbonyl (C=O) groups excluding carboxylic acids is 2. The molecule has 0 bridgehead atoms. The number of aromatic nitrogens is 4. The summed E-state index contributed by atoms with van der Waals surface area (Å²) in [5.74, 6) is -0.711. The fourth-order valence-electron chi connectivity index (χ4n) is 3.84. The van der Waals surface area contributed by atoms with E-state index in [0.29, 0.717) is 29.6 Å². The third kappa shape index (κ3) is 4.48. The van der Waals surface area contributed by atoms with Crippen molar-refractivity contribution in [3.8, 4) is 5.82 Å². The number of benzene rings is 1. The van der Waals surface area contributed by atoms with Gasteiger partial charge in [-0.3, -0.25) is 9.59 Å². The summed E-state index contributed by atoms with van der Waals surface area (Å²) in [6.45, 7) is 2.17. The van der Waals surface area contributed by atoms with Crippen LogP contribution in [0.25, 0.3) is 16.7 Å². The maximum absolute atomic E-state index is 13.5. The minimum atomic E-state index is -4.76. The van der Waals surface area contributed by atoms with E-state index in [0.717, 1.165) is 22.9 Å². The van der Waals surface area contributed by atoms with Gasteiger partial charge < -0.3 is 15.6 Å². The van der Waals surface area contributed by atoms with Crippen LogP contribution in [0.2, 0.25) is 0 Å². The van der Waals surface area contributed by atoms with Crippen molar-refractivity contribution in [2.75, 3.05) is 11.9 Å². The van der Waals surface area contributed by atoms with E-state index in [1.54, 1.807) is 43.5 Å². The van der Waals surface area contributed by atoms with Gasteiger partial charge in [0.15, 0.2) is 11.5 Å². The van der Waals surface area contributed by atoms with Crippen molar-refractivity contribution in [1.29, 1.82) is 0 Å². The first-order valence-electron chi connectivity index (χ1n) is 11.0. The van der Waals surface area contributed by atoms with E-state index in [4.69, 9.17) is 0 Å². The Morgan fingerprint density at radius 1 is 1.17 bits per heavy atom. The van der Waals surface area contributed by atoms with Crippen LogP contribution in [0.3, 0.4) is 0 Å². The lowest BCUT2D eigenvalue weighted by Crippen LogP contribution is -2.27. The smallest absolute Gasteiger partial charge is 0.360 e. The van der Waals surface area contributed by atoms with Crippen LogP contribution in [-0.4, -0.2) is 38.1 Å². The molecule has 180 valence electrons. The molecule has 1 aliphatic rings. The van der Waals surface area contributed by atoms with Crippen LogP contribution in [0.15, 0.2) is 48.8 Å². The lowest BCUT2D eigenvalue weighted by molar-refractivity contribution is -0.141. The van der Waals surface area contributed by atoms with Crippen molar-refractivity contribution >= 4 is 28.4 Å². The van der Waals surface area contributed by atoms with Gasteiger partial charge in [0.2, 0.25) is 0 Å². The summed E-state index contributed by atoms with van der Waals surface area (Å²) in [6.07, 6.45) is 0.410. The average Bonchev–Trinajstić information content (AvgIpc) is 3.32. The van der Waals surface area contributed by atoms with Crippen LogP contribution in [0.4, 0.5) is 18.9 Å². The number of nitrogens with zero attached hydrogens (tertiary/aromatic N) is 3. The van der Waals surface area contributed by atoms with E-state index in [-0.39, 0.29) is 28.7 Å². The van der Waals surface area contributed by atoms with Crippen LogP contribution in [0.1, 0.15) is 44.9 Å². The Morgan fingerprint density at radius 2 is 1.97 bits per heavy atom. The molecule has 1 aliphatic carbocycles. The average molecular weight is 482 g/mol. The normalized spacial score (nSPS) is 13.7. The van der Waals surface area contributed by atoms with E-state index in [1.807, 2.05) is 0 Å². The van der Waals surface area contributed by atoms with Gasteiger partial charge in [0.05, 0.1) is 16.8 Å². The SMILES string of the molecule is Cc1cccnc1-n1nc(C(F)(F)F)cc1C(=O)Nc1ccc2cc[nH]c2c1C(=O)NCC1CC1. The molecule has 0 aliphatic heterocycles. The second-order valence-corrected chi connectivity index (χ2v) is 8.51.